The summed E-state index contributed by atoms with van der Waals surface area (Å²) in [6, 6.07) is 22.3. The summed E-state index contributed by atoms with van der Waals surface area (Å²) in [5.41, 5.74) is 4.21. The number of hydrogen-bond acceptors (Lipinski definition) is 9. The Kier molecular flexibility index (Phi) is 6.24. The molecule has 0 spiro atoms. The van der Waals surface area contributed by atoms with Crippen LogP contribution < -0.4 is 14.2 Å². The molecule has 1 atom stereocenters. The Balaban J connectivity index is 1.35. The second-order valence-corrected chi connectivity index (χ2v) is 10.5. The molecule has 3 aromatic heterocycles. The van der Waals surface area contributed by atoms with E-state index in [9.17, 15) is 0 Å². The van der Waals surface area contributed by atoms with Gasteiger partial charge in [-0.1, -0.05) is 53.7 Å². The highest BCUT2D eigenvalue weighted by Gasteiger charge is 2.34. The van der Waals surface area contributed by atoms with E-state index in [4.69, 9.17) is 24.0 Å². The van der Waals surface area contributed by atoms with Crippen LogP contribution in [0.1, 0.15) is 40.2 Å². The molecule has 7 rings (SSSR count). The highest BCUT2D eigenvalue weighted by atomic mass is 32.1. The van der Waals surface area contributed by atoms with Gasteiger partial charge in [0, 0.05) is 16.9 Å². The number of benzene rings is 3. The van der Waals surface area contributed by atoms with Crippen LogP contribution in [0, 0.1) is 0 Å². The summed E-state index contributed by atoms with van der Waals surface area (Å²) in [5.74, 6) is 2.76. The number of fused-ring (bicyclic) bond motifs is 6. The van der Waals surface area contributed by atoms with Crippen LogP contribution >= 0.6 is 11.3 Å². The smallest absolute Gasteiger partial charge is 0.228 e. The summed E-state index contributed by atoms with van der Waals surface area (Å²) in [7, 11) is 3.26. The molecule has 0 radical (unpaired) electrons. The maximum absolute atomic E-state index is 6.52. The summed E-state index contributed by atoms with van der Waals surface area (Å²) in [6.45, 7) is 2.03. The van der Waals surface area contributed by atoms with E-state index in [1.807, 2.05) is 54.8 Å². The predicted molar refractivity (Wildman–Crippen MR) is 157 cm³/mol. The van der Waals surface area contributed by atoms with Gasteiger partial charge in [0.25, 0.3) is 0 Å². The molecule has 0 N–H and O–H groups in total. The Bertz CT molecular complexity index is 1930. The van der Waals surface area contributed by atoms with Crippen LogP contribution in [0.25, 0.3) is 16.4 Å². The Morgan fingerprint density at radius 1 is 1.02 bits per heavy atom. The number of rotatable bonds is 7. The number of ether oxygens (including phenoxy) is 3. The van der Waals surface area contributed by atoms with Gasteiger partial charge in [-0.2, -0.15) is 0 Å². The fourth-order valence-corrected chi connectivity index (χ4v) is 5.92. The van der Waals surface area contributed by atoms with Gasteiger partial charge in [0.2, 0.25) is 5.88 Å². The number of hydrogen-bond donors (Lipinski definition) is 0. The van der Waals surface area contributed by atoms with E-state index in [0.717, 1.165) is 43.8 Å². The maximum atomic E-state index is 6.52. The quantitative estimate of drug-likeness (QED) is 0.160. The van der Waals surface area contributed by atoms with Crippen LogP contribution in [0.5, 0.6) is 23.1 Å². The maximum Gasteiger partial charge on any atom is 0.228 e. The monoisotopic (exact) mass is 563 g/mol. The molecule has 0 amide bonds. The third-order valence-electron chi connectivity index (χ3n) is 7.15. The fraction of sp³-hybridized carbons (Fsp3) is 0.161. The van der Waals surface area contributed by atoms with Gasteiger partial charge in [-0.15, -0.1) is 16.4 Å². The first-order chi connectivity index (χ1) is 20.1. The third kappa shape index (κ3) is 4.33. The fourth-order valence-electron chi connectivity index (χ4n) is 5.25. The van der Waals surface area contributed by atoms with Crippen molar-refractivity contribution in [1.29, 1.82) is 0 Å². The molecule has 0 bridgehead atoms. The summed E-state index contributed by atoms with van der Waals surface area (Å²) in [4.78, 5) is 16.2. The zero-order valence-electron chi connectivity index (χ0n) is 22.6. The van der Waals surface area contributed by atoms with Crippen LogP contribution in [-0.2, 0) is 11.4 Å². The molecule has 4 heterocycles. The van der Waals surface area contributed by atoms with Gasteiger partial charge in [0.15, 0.2) is 29.6 Å². The first kappa shape index (κ1) is 25.0. The average Bonchev–Trinajstić information content (AvgIpc) is 3.70. The number of methoxy groups -OCH3 is 2. The topological polar surface area (TPSA) is 92.4 Å². The molecule has 1 unspecified atom stereocenters. The van der Waals surface area contributed by atoms with Crippen molar-refractivity contribution < 1.29 is 19.0 Å². The van der Waals surface area contributed by atoms with Gasteiger partial charge in [0.05, 0.1) is 30.4 Å². The summed E-state index contributed by atoms with van der Waals surface area (Å²) in [5, 5.41) is 13.0. The van der Waals surface area contributed by atoms with Gasteiger partial charge in [-0.05, 0) is 41.5 Å². The number of aromatic nitrogens is 4. The van der Waals surface area contributed by atoms with Crippen molar-refractivity contribution >= 4 is 33.5 Å². The van der Waals surface area contributed by atoms with E-state index in [0.29, 0.717) is 28.9 Å². The highest BCUT2D eigenvalue weighted by Crippen LogP contribution is 2.51. The minimum Gasteiger partial charge on any atom is -0.493 e. The van der Waals surface area contributed by atoms with Gasteiger partial charge < -0.3 is 19.0 Å². The van der Waals surface area contributed by atoms with E-state index in [2.05, 4.69) is 39.5 Å². The van der Waals surface area contributed by atoms with Crippen molar-refractivity contribution in [3.63, 3.8) is 0 Å². The van der Waals surface area contributed by atoms with Crippen molar-refractivity contribution in [2.75, 3.05) is 14.2 Å². The largest absolute Gasteiger partial charge is 0.493 e. The van der Waals surface area contributed by atoms with E-state index in [1.54, 1.807) is 36.4 Å². The lowest BCUT2D eigenvalue weighted by Gasteiger charge is -2.29. The Labute approximate surface area is 239 Å². The van der Waals surface area contributed by atoms with Gasteiger partial charge in [0.1, 0.15) is 12.1 Å². The summed E-state index contributed by atoms with van der Waals surface area (Å²) >= 11 is 1.61. The van der Waals surface area contributed by atoms with Crippen LogP contribution in [0.3, 0.4) is 0 Å². The predicted octanol–water partition coefficient (Wildman–Crippen LogP) is 6.58. The number of thiophene rings is 1. The van der Waals surface area contributed by atoms with Crippen molar-refractivity contribution in [3.05, 3.63) is 106 Å². The van der Waals surface area contributed by atoms with Gasteiger partial charge in [-0.25, -0.2) is 14.5 Å². The van der Waals surface area contributed by atoms with Gasteiger partial charge >= 0.3 is 0 Å². The number of oxime groups is 1. The molecular weight excluding hydrogens is 538 g/mol. The minimum atomic E-state index is -0.258. The average molecular weight is 564 g/mol. The standard InChI is InChI=1S/C31H25N5O4S/c1-18(25-9-6-14-41-25)35-39-16-26-33-30-28-27(20-11-13-23(37-2)24(15-20)38-3)22-12-10-19-7-4-5-8-21(19)29(22)40-31(28)32-17-36(30)34-26/h4-15,17,27H,16H2,1-3H3. The van der Waals surface area contributed by atoms with E-state index < -0.39 is 0 Å². The Morgan fingerprint density at radius 2 is 1.90 bits per heavy atom. The van der Waals surface area contributed by atoms with Crippen molar-refractivity contribution in [3.8, 4) is 23.1 Å². The minimum absolute atomic E-state index is 0.113. The molecule has 41 heavy (non-hydrogen) atoms. The Hall–Kier alpha value is -4.96. The van der Waals surface area contributed by atoms with Crippen molar-refractivity contribution in [2.45, 2.75) is 19.4 Å². The molecule has 1 aliphatic heterocycles. The molecule has 0 saturated heterocycles. The molecular formula is C31H25N5O4S. The van der Waals surface area contributed by atoms with Crippen molar-refractivity contribution in [1.82, 2.24) is 19.6 Å². The molecule has 3 aromatic carbocycles. The summed E-state index contributed by atoms with van der Waals surface area (Å²) < 4.78 is 19.4. The lowest BCUT2D eigenvalue weighted by molar-refractivity contribution is 0.125. The first-order valence-corrected chi connectivity index (χ1v) is 13.9. The SMILES string of the molecule is COc1ccc(C2c3ccc4ccccc4c3Oc3ncn4nc(CON=C(C)c5cccs5)nc4c32)cc1OC. The van der Waals surface area contributed by atoms with Crippen molar-refractivity contribution in [2.24, 2.45) is 5.16 Å². The zero-order chi connectivity index (χ0) is 27.9. The van der Waals surface area contributed by atoms with E-state index in [1.165, 1.54) is 0 Å². The molecule has 0 saturated carbocycles. The zero-order valence-corrected chi connectivity index (χ0v) is 23.4. The van der Waals surface area contributed by atoms with Crippen LogP contribution in [0.15, 0.2) is 83.6 Å². The Morgan fingerprint density at radius 3 is 2.73 bits per heavy atom. The second kappa shape index (κ2) is 10.2. The molecule has 10 heteroatoms. The van der Waals surface area contributed by atoms with Crippen LogP contribution in [-0.4, -0.2) is 39.5 Å². The highest BCUT2D eigenvalue weighted by molar-refractivity contribution is 7.12. The lowest BCUT2D eigenvalue weighted by atomic mass is 9.82. The summed E-state index contributed by atoms with van der Waals surface area (Å²) in [6.07, 6.45) is 1.62. The van der Waals surface area contributed by atoms with Crippen LogP contribution in [0.2, 0.25) is 0 Å². The normalized spacial score (nSPS) is 14.4. The van der Waals surface area contributed by atoms with E-state index in [-0.39, 0.29) is 12.5 Å². The molecule has 9 nitrogen and oxygen atoms in total. The lowest BCUT2D eigenvalue weighted by Crippen LogP contribution is -2.15. The first-order valence-electron chi connectivity index (χ1n) is 13.0. The molecule has 6 aromatic rings. The van der Waals surface area contributed by atoms with Crippen LogP contribution in [0.4, 0.5) is 0 Å². The van der Waals surface area contributed by atoms with E-state index >= 15 is 0 Å². The van der Waals surface area contributed by atoms with Gasteiger partial charge in [-0.3, -0.25) is 0 Å². The molecule has 0 aliphatic carbocycles. The molecule has 204 valence electrons. The second-order valence-electron chi connectivity index (χ2n) is 9.54. The third-order valence-corrected chi connectivity index (χ3v) is 8.13. The molecule has 1 aliphatic rings. The number of nitrogens with zero attached hydrogens (tertiary/aromatic N) is 5. The molecule has 0 fully saturated rings.